The van der Waals surface area contributed by atoms with E-state index in [1.165, 1.54) is 19.1 Å². The van der Waals surface area contributed by atoms with Gasteiger partial charge in [0, 0.05) is 24.2 Å². The standard InChI is InChI=1S/C23H28N2O7S/c1-12-6-7-18(8-13(12)2)33(30,31)25-10-17(27)9-19(25)23(29)32-11-20(28)22-14(3)21(16(5)26)15(4)24-22/h6-8,17,19,24,27H,9-11H2,1-5H3. The van der Waals surface area contributed by atoms with E-state index in [-0.39, 0.29) is 29.3 Å². The molecular formula is C23H28N2O7S. The molecule has 1 aliphatic heterocycles. The van der Waals surface area contributed by atoms with Crippen LogP contribution in [0.5, 0.6) is 0 Å². The predicted octanol–water partition coefficient (Wildman–Crippen LogP) is 2.00. The molecule has 178 valence electrons. The zero-order chi connectivity index (χ0) is 24.7. The highest BCUT2D eigenvalue weighted by atomic mass is 32.2. The smallest absolute Gasteiger partial charge is 0.325 e. The first-order valence-corrected chi connectivity index (χ1v) is 12.0. The van der Waals surface area contributed by atoms with Crippen LogP contribution in [-0.4, -0.2) is 65.6 Å². The largest absolute Gasteiger partial charge is 0.456 e. The fourth-order valence-corrected chi connectivity index (χ4v) is 5.85. The molecule has 1 aromatic carbocycles. The Morgan fingerprint density at radius 2 is 1.82 bits per heavy atom. The number of hydrogen-bond donors (Lipinski definition) is 2. The van der Waals surface area contributed by atoms with Crippen molar-refractivity contribution < 1.29 is 32.6 Å². The molecule has 0 bridgehead atoms. The number of ether oxygens (including phenoxy) is 1. The number of β-amino-alcohol motifs (C(OH)–C–C–N with tert-alkyl or cyclic N) is 1. The van der Waals surface area contributed by atoms with Gasteiger partial charge in [0.25, 0.3) is 0 Å². The van der Waals surface area contributed by atoms with Crippen LogP contribution in [0.1, 0.15) is 56.6 Å². The molecule has 1 fully saturated rings. The van der Waals surface area contributed by atoms with E-state index in [2.05, 4.69) is 4.98 Å². The third-order valence-corrected chi connectivity index (χ3v) is 7.88. The maximum Gasteiger partial charge on any atom is 0.325 e. The summed E-state index contributed by atoms with van der Waals surface area (Å²) < 4.78 is 32.4. The van der Waals surface area contributed by atoms with Gasteiger partial charge >= 0.3 is 5.97 Å². The summed E-state index contributed by atoms with van der Waals surface area (Å²) in [5.74, 6) is -1.65. The number of aromatic nitrogens is 1. The number of sulfonamides is 1. The highest BCUT2D eigenvalue weighted by molar-refractivity contribution is 7.89. The molecule has 0 spiro atoms. The molecule has 0 amide bonds. The van der Waals surface area contributed by atoms with Gasteiger partial charge in [-0.05, 0) is 63.4 Å². The summed E-state index contributed by atoms with van der Waals surface area (Å²) in [6, 6.07) is 3.40. The lowest BCUT2D eigenvalue weighted by molar-refractivity contribution is -0.146. The first-order chi connectivity index (χ1) is 15.3. The van der Waals surface area contributed by atoms with Crippen LogP contribution in [0.15, 0.2) is 23.1 Å². The summed E-state index contributed by atoms with van der Waals surface area (Å²) in [5, 5.41) is 10.1. The van der Waals surface area contributed by atoms with Gasteiger partial charge in [-0.3, -0.25) is 14.4 Å². The lowest BCUT2D eigenvalue weighted by atomic mass is 10.1. The highest BCUT2D eigenvalue weighted by Gasteiger charge is 2.44. The third kappa shape index (κ3) is 4.78. The Kier molecular flexibility index (Phi) is 6.92. The quantitative estimate of drug-likeness (QED) is 0.461. The second kappa shape index (κ2) is 9.20. The number of hydrogen-bond acceptors (Lipinski definition) is 7. The topological polar surface area (TPSA) is 134 Å². The number of aliphatic hydroxyl groups excluding tert-OH is 1. The summed E-state index contributed by atoms with van der Waals surface area (Å²) in [6.45, 7) is 7.46. The molecule has 0 aliphatic carbocycles. The SMILES string of the molecule is CC(=O)c1c(C)[nH]c(C(=O)COC(=O)C2CC(O)CN2S(=O)(=O)c2ccc(C)c(C)c2)c1C. The Morgan fingerprint density at radius 3 is 2.39 bits per heavy atom. The van der Waals surface area contributed by atoms with Crippen molar-refractivity contribution in [1.29, 1.82) is 0 Å². The van der Waals surface area contributed by atoms with Crippen molar-refractivity contribution >= 4 is 27.6 Å². The number of rotatable bonds is 7. The van der Waals surface area contributed by atoms with Gasteiger partial charge < -0.3 is 14.8 Å². The summed E-state index contributed by atoms with van der Waals surface area (Å²) in [7, 11) is -4.07. The van der Waals surface area contributed by atoms with Crippen LogP contribution in [0, 0.1) is 27.7 Å². The number of benzene rings is 1. The molecule has 3 rings (SSSR count). The average Bonchev–Trinajstić information content (AvgIpc) is 3.27. The van der Waals surface area contributed by atoms with Crippen molar-refractivity contribution in [3.05, 3.63) is 51.8 Å². The first-order valence-electron chi connectivity index (χ1n) is 10.5. The molecule has 2 atom stereocenters. The molecule has 0 saturated carbocycles. The van der Waals surface area contributed by atoms with E-state index in [0.717, 1.165) is 15.4 Å². The number of esters is 1. The normalized spacial score (nSPS) is 19.0. The summed E-state index contributed by atoms with van der Waals surface area (Å²) in [5.41, 5.74) is 3.29. The van der Waals surface area contributed by atoms with Gasteiger partial charge in [-0.25, -0.2) is 8.42 Å². The molecule has 9 nitrogen and oxygen atoms in total. The maximum absolute atomic E-state index is 13.2. The van der Waals surface area contributed by atoms with E-state index in [1.807, 2.05) is 6.92 Å². The molecule has 1 aliphatic rings. The van der Waals surface area contributed by atoms with Gasteiger partial charge in [-0.1, -0.05) is 6.07 Å². The Bertz CT molecular complexity index is 1230. The summed E-state index contributed by atoms with van der Waals surface area (Å²) in [6.07, 6.45) is -1.17. The van der Waals surface area contributed by atoms with Gasteiger partial charge in [0.1, 0.15) is 6.04 Å². The second-order valence-electron chi connectivity index (χ2n) is 8.44. The number of aryl methyl sites for hydroxylation is 3. The highest BCUT2D eigenvalue weighted by Crippen LogP contribution is 2.28. The lowest BCUT2D eigenvalue weighted by Gasteiger charge is -2.22. The Morgan fingerprint density at radius 1 is 1.15 bits per heavy atom. The Hall–Kier alpha value is -2.82. The van der Waals surface area contributed by atoms with Gasteiger partial charge in [0.2, 0.25) is 15.8 Å². The van der Waals surface area contributed by atoms with Crippen LogP contribution < -0.4 is 0 Å². The molecule has 1 saturated heterocycles. The zero-order valence-electron chi connectivity index (χ0n) is 19.3. The zero-order valence-corrected chi connectivity index (χ0v) is 20.1. The van der Waals surface area contributed by atoms with E-state index in [0.29, 0.717) is 16.8 Å². The number of carbonyl (C=O) groups excluding carboxylic acids is 3. The number of carbonyl (C=O) groups is 3. The fourth-order valence-electron chi connectivity index (χ4n) is 4.14. The third-order valence-electron chi connectivity index (χ3n) is 6.00. The number of aliphatic hydroxyl groups is 1. The minimum absolute atomic E-state index is 0.0165. The average molecular weight is 477 g/mol. The number of H-pyrrole nitrogens is 1. The fraction of sp³-hybridized carbons (Fsp3) is 0.435. The molecule has 1 aromatic heterocycles. The second-order valence-corrected chi connectivity index (χ2v) is 10.3. The number of nitrogens with one attached hydrogen (secondary N) is 1. The van der Waals surface area contributed by atoms with Crippen molar-refractivity contribution in [3.63, 3.8) is 0 Å². The van der Waals surface area contributed by atoms with Gasteiger partial charge in [0.15, 0.2) is 12.4 Å². The molecule has 2 aromatic rings. The van der Waals surface area contributed by atoms with E-state index >= 15 is 0 Å². The van der Waals surface area contributed by atoms with Crippen LogP contribution in [-0.2, 0) is 19.6 Å². The van der Waals surface area contributed by atoms with Crippen LogP contribution >= 0.6 is 0 Å². The monoisotopic (exact) mass is 476 g/mol. The van der Waals surface area contributed by atoms with Crippen molar-refractivity contribution in [2.24, 2.45) is 0 Å². The van der Waals surface area contributed by atoms with E-state index in [4.69, 9.17) is 4.74 Å². The molecule has 2 heterocycles. The van der Waals surface area contributed by atoms with Crippen molar-refractivity contribution in [1.82, 2.24) is 9.29 Å². The Labute approximate surface area is 192 Å². The van der Waals surface area contributed by atoms with E-state index in [1.54, 1.807) is 26.8 Å². The van der Waals surface area contributed by atoms with Gasteiger partial charge in [0.05, 0.1) is 16.7 Å². The van der Waals surface area contributed by atoms with Crippen LogP contribution in [0.3, 0.4) is 0 Å². The van der Waals surface area contributed by atoms with Crippen molar-refractivity contribution in [2.45, 2.75) is 58.1 Å². The number of aromatic amines is 1. The minimum atomic E-state index is -4.07. The molecule has 2 unspecified atom stereocenters. The molecular weight excluding hydrogens is 448 g/mol. The number of Topliss-reactive ketones (excluding diaryl/α,β-unsaturated/α-hetero) is 2. The lowest BCUT2D eigenvalue weighted by Crippen LogP contribution is -2.42. The van der Waals surface area contributed by atoms with Crippen LogP contribution in [0.25, 0.3) is 0 Å². The van der Waals surface area contributed by atoms with Crippen LogP contribution in [0.2, 0.25) is 0 Å². The van der Waals surface area contributed by atoms with Gasteiger partial charge in [-0.15, -0.1) is 0 Å². The molecule has 10 heteroatoms. The first kappa shape index (κ1) is 24.8. The maximum atomic E-state index is 13.2. The summed E-state index contributed by atoms with van der Waals surface area (Å²) >= 11 is 0. The number of ketones is 2. The van der Waals surface area contributed by atoms with E-state index in [9.17, 15) is 27.9 Å². The van der Waals surface area contributed by atoms with Crippen LogP contribution in [0.4, 0.5) is 0 Å². The van der Waals surface area contributed by atoms with Crippen molar-refractivity contribution in [2.75, 3.05) is 13.2 Å². The molecule has 33 heavy (non-hydrogen) atoms. The van der Waals surface area contributed by atoms with E-state index < -0.39 is 40.5 Å². The van der Waals surface area contributed by atoms with Gasteiger partial charge in [-0.2, -0.15) is 4.31 Å². The molecule has 2 N–H and O–H groups in total. The minimum Gasteiger partial charge on any atom is -0.456 e. The number of nitrogens with zero attached hydrogens (tertiary/aromatic N) is 1. The van der Waals surface area contributed by atoms with Crippen molar-refractivity contribution in [3.8, 4) is 0 Å². The summed E-state index contributed by atoms with van der Waals surface area (Å²) in [4.78, 5) is 40.0. The Balaban J connectivity index is 1.77. The predicted molar refractivity (Wildman–Crippen MR) is 120 cm³/mol. The molecule has 0 radical (unpaired) electrons.